The lowest BCUT2D eigenvalue weighted by molar-refractivity contribution is -0.118. The van der Waals surface area contributed by atoms with Gasteiger partial charge in [0.25, 0.3) is 15.9 Å². The van der Waals surface area contributed by atoms with Crippen molar-refractivity contribution in [3.05, 3.63) is 83.4 Å². The summed E-state index contributed by atoms with van der Waals surface area (Å²) in [7, 11) is -5.65. The van der Waals surface area contributed by atoms with Crippen molar-refractivity contribution < 1.29 is 26.4 Å². The number of hydrogen-bond acceptors (Lipinski definition) is 6. The second-order valence-electron chi connectivity index (χ2n) is 7.61. The predicted octanol–water partition coefficient (Wildman–Crippen LogP) is 3.55. The van der Waals surface area contributed by atoms with Crippen LogP contribution in [0.15, 0.2) is 77.7 Å². The number of halogens is 1. The number of carbonyl (C=O) groups is 1. The third-order valence-electron chi connectivity index (χ3n) is 4.83. The molecule has 0 aliphatic rings. The van der Waals surface area contributed by atoms with E-state index < -0.39 is 26.0 Å². The number of anilines is 2. The molecule has 0 radical (unpaired) electrons. The lowest BCUT2D eigenvalue weighted by Gasteiger charge is -2.14. The SMILES string of the molecule is CN(Cc1ccc(OCC(=O)Nc2ccc(S(=O)(=O)Nc3ccccc3Cl)cc2)cc1)S(C)(=O)=O. The largest absolute Gasteiger partial charge is 0.484 e. The van der Waals surface area contributed by atoms with E-state index in [0.717, 1.165) is 11.8 Å². The first-order valence-electron chi connectivity index (χ1n) is 10.2. The van der Waals surface area contributed by atoms with Gasteiger partial charge in [0.15, 0.2) is 6.61 Å². The van der Waals surface area contributed by atoms with Gasteiger partial charge in [0.1, 0.15) is 5.75 Å². The summed E-state index contributed by atoms with van der Waals surface area (Å²) in [5, 5.41) is 2.90. The van der Waals surface area contributed by atoms with E-state index in [2.05, 4.69) is 10.0 Å². The number of rotatable bonds is 10. The molecule has 0 saturated heterocycles. The maximum absolute atomic E-state index is 12.6. The van der Waals surface area contributed by atoms with Crippen LogP contribution < -0.4 is 14.8 Å². The molecule has 0 aliphatic heterocycles. The van der Waals surface area contributed by atoms with Crippen LogP contribution >= 0.6 is 11.6 Å². The Balaban J connectivity index is 1.53. The Kier molecular flexibility index (Phi) is 8.39. The van der Waals surface area contributed by atoms with E-state index in [9.17, 15) is 21.6 Å². The monoisotopic (exact) mass is 537 g/mol. The van der Waals surface area contributed by atoms with Gasteiger partial charge in [0, 0.05) is 19.3 Å². The van der Waals surface area contributed by atoms with Gasteiger partial charge in [-0.15, -0.1) is 0 Å². The standard InChI is InChI=1S/C23H24ClN3O6S2/c1-27(34(2,29)30)15-17-7-11-19(12-8-17)33-16-23(28)25-18-9-13-20(14-10-18)35(31,32)26-22-6-4-3-5-21(22)24/h3-14,26H,15-16H2,1-2H3,(H,25,28). The van der Waals surface area contributed by atoms with E-state index in [1.54, 1.807) is 48.5 Å². The average Bonchev–Trinajstić information content (AvgIpc) is 2.80. The number of nitrogens with zero attached hydrogens (tertiary/aromatic N) is 1. The highest BCUT2D eigenvalue weighted by atomic mass is 35.5. The van der Waals surface area contributed by atoms with E-state index in [4.69, 9.17) is 16.3 Å². The van der Waals surface area contributed by atoms with Crippen LogP contribution in [0.4, 0.5) is 11.4 Å². The maximum Gasteiger partial charge on any atom is 0.262 e. The zero-order valence-electron chi connectivity index (χ0n) is 18.9. The van der Waals surface area contributed by atoms with E-state index in [1.807, 2.05) is 0 Å². The van der Waals surface area contributed by atoms with Gasteiger partial charge in [-0.2, -0.15) is 0 Å². The third kappa shape index (κ3) is 7.69. The Bertz CT molecular complexity index is 1390. The van der Waals surface area contributed by atoms with Crippen molar-refractivity contribution in [2.24, 2.45) is 0 Å². The molecule has 1 amide bonds. The van der Waals surface area contributed by atoms with Crippen molar-refractivity contribution in [1.82, 2.24) is 4.31 Å². The summed E-state index contributed by atoms with van der Waals surface area (Å²) in [6.07, 6.45) is 1.13. The number of sulfonamides is 2. The zero-order chi connectivity index (χ0) is 25.6. The minimum Gasteiger partial charge on any atom is -0.484 e. The molecule has 0 unspecified atom stereocenters. The number of ether oxygens (including phenoxy) is 1. The van der Waals surface area contributed by atoms with E-state index in [1.165, 1.54) is 35.6 Å². The van der Waals surface area contributed by atoms with Gasteiger partial charge in [0.2, 0.25) is 10.0 Å². The molecule has 0 spiro atoms. The van der Waals surface area contributed by atoms with Gasteiger partial charge >= 0.3 is 0 Å². The molecule has 0 saturated carbocycles. The van der Waals surface area contributed by atoms with Gasteiger partial charge in [-0.25, -0.2) is 21.1 Å². The summed E-state index contributed by atoms with van der Waals surface area (Å²) in [5.41, 5.74) is 1.43. The van der Waals surface area contributed by atoms with Crippen molar-refractivity contribution in [1.29, 1.82) is 0 Å². The van der Waals surface area contributed by atoms with Crippen LogP contribution in [0.25, 0.3) is 0 Å². The molecule has 0 atom stereocenters. The number of amides is 1. The summed E-state index contributed by atoms with van der Waals surface area (Å²) >= 11 is 6.01. The smallest absolute Gasteiger partial charge is 0.262 e. The van der Waals surface area contributed by atoms with E-state index >= 15 is 0 Å². The molecule has 2 N–H and O–H groups in total. The van der Waals surface area contributed by atoms with E-state index in [-0.39, 0.29) is 28.8 Å². The number of para-hydroxylation sites is 1. The molecule has 0 aromatic heterocycles. The van der Waals surface area contributed by atoms with Crippen molar-refractivity contribution in [3.8, 4) is 5.75 Å². The first-order chi connectivity index (χ1) is 16.4. The fraction of sp³-hybridized carbons (Fsp3) is 0.174. The normalized spacial score (nSPS) is 11.8. The Morgan fingerprint density at radius 3 is 2.17 bits per heavy atom. The summed E-state index contributed by atoms with van der Waals surface area (Å²) in [6, 6.07) is 18.8. The first-order valence-corrected chi connectivity index (χ1v) is 14.0. The van der Waals surface area contributed by atoms with Gasteiger partial charge in [-0.1, -0.05) is 35.9 Å². The van der Waals surface area contributed by atoms with Crippen LogP contribution in [-0.4, -0.2) is 47.0 Å². The molecule has 0 fully saturated rings. The minimum absolute atomic E-state index is 0.00766. The summed E-state index contributed by atoms with van der Waals surface area (Å²) in [4.78, 5) is 12.2. The van der Waals surface area contributed by atoms with Crippen molar-refractivity contribution in [2.75, 3.05) is 29.9 Å². The Labute approximate surface area is 209 Å². The van der Waals surface area contributed by atoms with Gasteiger partial charge in [-0.3, -0.25) is 9.52 Å². The molecule has 0 aliphatic carbocycles. The average molecular weight is 538 g/mol. The predicted molar refractivity (Wildman–Crippen MR) is 136 cm³/mol. The molecule has 9 nitrogen and oxygen atoms in total. The number of nitrogens with one attached hydrogen (secondary N) is 2. The van der Waals surface area contributed by atoms with Gasteiger partial charge in [0.05, 0.1) is 21.9 Å². The molecular formula is C23H24ClN3O6S2. The van der Waals surface area contributed by atoms with Crippen molar-refractivity contribution in [3.63, 3.8) is 0 Å². The van der Waals surface area contributed by atoms with Crippen LogP contribution in [0.5, 0.6) is 5.75 Å². The molecule has 0 heterocycles. The highest BCUT2D eigenvalue weighted by molar-refractivity contribution is 7.92. The van der Waals surface area contributed by atoms with Crippen molar-refractivity contribution in [2.45, 2.75) is 11.4 Å². The quantitative estimate of drug-likeness (QED) is 0.408. The fourth-order valence-corrected chi connectivity index (χ4v) is 4.58. The lowest BCUT2D eigenvalue weighted by Crippen LogP contribution is -2.24. The molecule has 186 valence electrons. The van der Waals surface area contributed by atoms with Gasteiger partial charge < -0.3 is 10.1 Å². The van der Waals surface area contributed by atoms with Gasteiger partial charge in [-0.05, 0) is 54.1 Å². The first kappa shape index (κ1) is 26.5. The lowest BCUT2D eigenvalue weighted by atomic mass is 10.2. The highest BCUT2D eigenvalue weighted by Crippen LogP contribution is 2.24. The Morgan fingerprint density at radius 1 is 0.943 bits per heavy atom. The minimum atomic E-state index is -3.86. The number of benzene rings is 3. The summed E-state index contributed by atoms with van der Waals surface area (Å²) in [5.74, 6) is 0.00804. The van der Waals surface area contributed by atoms with E-state index in [0.29, 0.717) is 11.4 Å². The molecule has 35 heavy (non-hydrogen) atoms. The summed E-state index contributed by atoms with van der Waals surface area (Å²) < 4.78 is 57.3. The van der Waals surface area contributed by atoms with Crippen LogP contribution in [0.1, 0.15) is 5.56 Å². The van der Waals surface area contributed by atoms with Crippen LogP contribution in [0.3, 0.4) is 0 Å². The molecule has 3 rings (SSSR count). The topological polar surface area (TPSA) is 122 Å². The third-order valence-corrected chi connectivity index (χ3v) is 7.80. The fourth-order valence-electron chi connectivity index (χ4n) is 2.88. The second-order valence-corrected chi connectivity index (χ2v) is 11.8. The summed E-state index contributed by atoms with van der Waals surface area (Å²) in [6.45, 7) is -0.0457. The number of hydrogen-bond donors (Lipinski definition) is 2. The van der Waals surface area contributed by atoms with Crippen molar-refractivity contribution >= 4 is 48.9 Å². The molecule has 3 aromatic carbocycles. The molecular weight excluding hydrogens is 514 g/mol. The number of carbonyl (C=O) groups excluding carboxylic acids is 1. The van der Waals surface area contributed by atoms with Crippen LogP contribution in [0, 0.1) is 0 Å². The maximum atomic E-state index is 12.6. The molecule has 0 bridgehead atoms. The Morgan fingerprint density at radius 2 is 1.57 bits per heavy atom. The molecule has 12 heteroatoms. The molecule has 3 aromatic rings. The van der Waals surface area contributed by atoms with Crippen LogP contribution in [-0.2, 0) is 31.4 Å². The van der Waals surface area contributed by atoms with Crippen LogP contribution in [0.2, 0.25) is 5.02 Å². The highest BCUT2D eigenvalue weighted by Gasteiger charge is 2.16. The second kappa shape index (κ2) is 11.1. The zero-order valence-corrected chi connectivity index (χ0v) is 21.3. The Hall–Kier alpha value is -3.12.